The monoisotopic (exact) mass is 368 g/mol. The fourth-order valence-corrected chi connectivity index (χ4v) is 3.88. The van der Waals surface area contributed by atoms with Crippen molar-refractivity contribution in [1.29, 1.82) is 0 Å². The van der Waals surface area contributed by atoms with Gasteiger partial charge in [-0.05, 0) is 30.0 Å². The van der Waals surface area contributed by atoms with Crippen LogP contribution in [0.4, 0.5) is 5.82 Å². The molecule has 134 valence electrons. The number of fused-ring (bicyclic) bond motifs is 1. The molecule has 0 amide bonds. The first-order chi connectivity index (χ1) is 12.7. The molecule has 7 nitrogen and oxygen atoms in total. The Balaban J connectivity index is 1.37. The Bertz CT molecular complexity index is 904. The Kier molecular flexibility index (Phi) is 4.77. The molecule has 0 atom stereocenters. The predicted octanol–water partition coefficient (Wildman–Crippen LogP) is 2.57. The number of carbonyl (C=O) groups is 1. The van der Waals surface area contributed by atoms with E-state index in [9.17, 15) is 4.79 Å². The third-order valence-corrected chi connectivity index (χ3v) is 5.43. The zero-order valence-corrected chi connectivity index (χ0v) is 15.4. The molecule has 0 saturated heterocycles. The van der Waals surface area contributed by atoms with Crippen LogP contribution in [-0.2, 0) is 26.2 Å². The van der Waals surface area contributed by atoms with Gasteiger partial charge in [-0.2, -0.15) is 5.10 Å². The molecule has 26 heavy (non-hydrogen) atoms. The lowest BCUT2D eigenvalue weighted by atomic mass is 10.2. The molecular formula is C18H20N6OS. The summed E-state index contributed by atoms with van der Waals surface area (Å²) in [5, 5.41) is 9.99. The molecule has 0 spiro atoms. The highest BCUT2D eigenvalue weighted by molar-refractivity contribution is 7.12. The summed E-state index contributed by atoms with van der Waals surface area (Å²) in [5.41, 5.74) is 3.42. The van der Waals surface area contributed by atoms with E-state index < -0.39 is 0 Å². The summed E-state index contributed by atoms with van der Waals surface area (Å²) in [7, 11) is 0. The molecule has 0 saturated carbocycles. The second kappa shape index (κ2) is 7.35. The SMILES string of the molecule is CC(=O)c1cc(CN2CCn3nc(CNc4cnccn4)cc3C2)cs1. The first kappa shape index (κ1) is 16.9. The van der Waals surface area contributed by atoms with Crippen LogP contribution in [0.5, 0.6) is 0 Å². The van der Waals surface area contributed by atoms with Gasteiger partial charge in [0.2, 0.25) is 0 Å². The van der Waals surface area contributed by atoms with Gasteiger partial charge in [0.1, 0.15) is 5.82 Å². The minimum Gasteiger partial charge on any atom is -0.363 e. The lowest BCUT2D eigenvalue weighted by molar-refractivity contribution is 0.102. The van der Waals surface area contributed by atoms with Gasteiger partial charge in [0, 0.05) is 32.0 Å². The van der Waals surface area contributed by atoms with E-state index in [0.717, 1.165) is 42.6 Å². The minimum atomic E-state index is 0.137. The highest BCUT2D eigenvalue weighted by Gasteiger charge is 2.19. The van der Waals surface area contributed by atoms with Crippen molar-refractivity contribution in [2.24, 2.45) is 0 Å². The Morgan fingerprint density at radius 1 is 1.31 bits per heavy atom. The Labute approximate surface area is 155 Å². The van der Waals surface area contributed by atoms with Crippen molar-refractivity contribution in [3.05, 3.63) is 57.9 Å². The van der Waals surface area contributed by atoms with Gasteiger partial charge in [-0.25, -0.2) is 4.98 Å². The second-order valence-corrected chi connectivity index (χ2v) is 7.29. The second-order valence-electron chi connectivity index (χ2n) is 6.38. The Morgan fingerprint density at radius 2 is 2.23 bits per heavy atom. The van der Waals surface area contributed by atoms with Gasteiger partial charge in [0.15, 0.2) is 5.78 Å². The van der Waals surface area contributed by atoms with Crippen LogP contribution < -0.4 is 5.32 Å². The lowest BCUT2D eigenvalue weighted by Gasteiger charge is -2.27. The van der Waals surface area contributed by atoms with Gasteiger partial charge in [0.25, 0.3) is 0 Å². The van der Waals surface area contributed by atoms with Crippen LogP contribution >= 0.6 is 11.3 Å². The van der Waals surface area contributed by atoms with Crippen LogP contribution in [0.15, 0.2) is 36.1 Å². The van der Waals surface area contributed by atoms with Crippen LogP contribution in [0, 0.1) is 0 Å². The van der Waals surface area contributed by atoms with E-state index in [0.29, 0.717) is 6.54 Å². The van der Waals surface area contributed by atoms with Crippen molar-refractivity contribution in [2.45, 2.75) is 33.1 Å². The molecule has 0 aliphatic carbocycles. The van der Waals surface area contributed by atoms with E-state index in [1.165, 1.54) is 22.6 Å². The number of ketones is 1. The maximum absolute atomic E-state index is 11.5. The number of nitrogens with zero attached hydrogens (tertiary/aromatic N) is 5. The largest absolute Gasteiger partial charge is 0.363 e. The predicted molar refractivity (Wildman–Crippen MR) is 100 cm³/mol. The summed E-state index contributed by atoms with van der Waals surface area (Å²) in [5.74, 6) is 0.886. The quantitative estimate of drug-likeness (QED) is 0.674. The molecule has 3 aromatic rings. The van der Waals surface area contributed by atoms with Crippen LogP contribution in [0.1, 0.15) is 33.5 Å². The zero-order chi connectivity index (χ0) is 17.9. The van der Waals surface area contributed by atoms with Crippen LogP contribution in [0.3, 0.4) is 0 Å². The van der Waals surface area contributed by atoms with Crippen molar-refractivity contribution in [2.75, 3.05) is 11.9 Å². The molecule has 0 fully saturated rings. The third kappa shape index (κ3) is 3.81. The van der Waals surface area contributed by atoms with Gasteiger partial charge in [0.05, 0.1) is 35.6 Å². The average Bonchev–Trinajstić information content (AvgIpc) is 3.27. The molecule has 0 radical (unpaired) electrons. The Hall–Kier alpha value is -2.58. The number of Topliss-reactive ketones (excluding diaryl/α,β-unsaturated/α-hetero) is 1. The smallest absolute Gasteiger partial charge is 0.169 e. The number of hydrogen-bond donors (Lipinski definition) is 1. The molecule has 0 bridgehead atoms. The van der Waals surface area contributed by atoms with Crippen molar-refractivity contribution >= 4 is 22.9 Å². The highest BCUT2D eigenvalue weighted by atomic mass is 32.1. The van der Waals surface area contributed by atoms with Crippen LogP contribution in [-0.4, -0.2) is 37.0 Å². The third-order valence-electron chi connectivity index (χ3n) is 4.35. The summed E-state index contributed by atoms with van der Waals surface area (Å²) in [4.78, 5) is 22.9. The summed E-state index contributed by atoms with van der Waals surface area (Å²) < 4.78 is 2.08. The Morgan fingerprint density at radius 3 is 3.00 bits per heavy atom. The lowest BCUT2D eigenvalue weighted by Crippen LogP contribution is -2.33. The fraction of sp³-hybridized carbons (Fsp3) is 0.333. The van der Waals surface area contributed by atoms with Crippen LogP contribution in [0.2, 0.25) is 0 Å². The van der Waals surface area contributed by atoms with E-state index in [4.69, 9.17) is 0 Å². The van der Waals surface area contributed by atoms with E-state index >= 15 is 0 Å². The molecule has 4 rings (SSSR count). The van der Waals surface area contributed by atoms with Crippen molar-refractivity contribution < 1.29 is 4.79 Å². The molecule has 0 unspecified atom stereocenters. The standard InChI is InChI=1S/C18H20N6OS/c1-13(25)17-6-14(12-26-17)10-23-4-5-24-16(11-23)7-15(22-24)8-21-18-9-19-2-3-20-18/h2-3,6-7,9,12H,4-5,8,10-11H2,1H3,(H,20,21). The first-order valence-corrected chi connectivity index (χ1v) is 9.41. The first-order valence-electron chi connectivity index (χ1n) is 8.53. The fourth-order valence-electron chi connectivity index (χ4n) is 3.07. The molecule has 1 N–H and O–H groups in total. The van der Waals surface area contributed by atoms with Gasteiger partial charge >= 0.3 is 0 Å². The maximum atomic E-state index is 11.5. The average molecular weight is 368 g/mol. The van der Waals surface area contributed by atoms with Gasteiger partial charge in [-0.3, -0.25) is 19.4 Å². The van der Waals surface area contributed by atoms with E-state index in [1.807, 2.05) is 6.07 Å². The van der Waals surface area contributed by atoms with E-state index in [2.05, 4.69) is 41.4 Å². The molecule has 0 aromatic carbocycles. The normalized spacial score (nSPS) is 14.2. The van der Waals surface area contributed by atoms with E-state index in [1.54, 1.807) is 25.5 Å². The van der Waals surface area contributed by atoms with Gasteiger partial charge in [-0.1, -0.05) is 0 Å². The molecule has 1 aliphatic rings. The van der Waals surface area contributed by atoms with Crippen molar-refractivity contribution in [1.82, 2.24) is 24.6 Å². The van der Waals surface area contributed by atoms with E-state index in [-0.39, 0.29) is 5.78 Å². The van der Waals surface area contributed by atoms with Crippen molar-refractivity contribution in [3.8, 4) is 0 Å². The number of carbonyl (C=O) groups excluding carboxylic acids is 1. The summed E-state index contributed by atoms with van der Waals surface area (Å²) in [6.45, 7) is 5.81. The topological polar surface area (TPSA) is 75.9 Å². The van der Waals surface area contributed by atoms with Crippen LogP contribution in [0.25, 0.3) is 0 Å². The van der Waals surface area contributed by atoms with Gasteiger partial charge in [-0.15, -0.1) is 11.3 Å². The number of anilines is 1. The number of aromatic nitrogens is 4. The molecular weight excluding hydrogens is 348 g/mol. The van der Waals surface area contributed by atoms with Crippen molar-refractivity contribution in [3.63, 3.8) is 0 Å². The highest BCUT2D eigenvalue weighted by Crippen LogP contribution is 2.20. The minimum absolute atomic E-state index is 0.137. The number of hydrogen-bond acceptors (Lipinski definition) is 7. The zero-order valence-electron chi connectivity index (χ0n) is 14.6. The maximum Gasteiger partial charge on any atom is 0.169 e. The summed E-state index contributed by atoms with van der Waals surface area (Å²) in [6, 6.07) is 4.15. The number of nitrogens with one attached hydrogen (secondary N) is 1. The summed E-state index contributed by atoms with van der Waals surface area (Å²) >= 11 is 1.53. The van der Waals surface area contributed by atoms with Gasteiger partial charge < -0.3 is 5.32 Å². The molecule has 1 aliphatic heterocycles. The summed E-state index contributed by atoms with van der Waals surface area (Å²) in [6.07, 6.45) is 5.02. The molecule has 3 aromatic heterocycles. The molecule has 4 heterocycles. The molecule has 8 heteroatoms. The number of rotatable bonds is 6. The number of thiophene rings is 1.